The second kappa shape index (κ2) is 14.6. The van der Waals surface area contributed by atoms with Gasteiger partial charge in [0.1, 0.15) is 10.8 Å². The lowest BCUT2D eigenvalue weighted by molar-refractivity contribution is -0.132. The van der Waals surface area contributed by atoms with Crippen molar-refractivity contribution in [3.63, 3.8) is 0 Å². The third-order valence-corrected chi connectivity index (χ3v) is 8.20. The molecule has 4 rings (SSSR count). The molecule has 0 radical (unpaired) electrons. The Labute approximate surface area is 239 Å². The molecule has 9 nitrogen and oxygen atoms in total. The highest BCUT2D eigenvalue weighted by molar-refractivity contribution is 7.18. The number of anilines is 1. The van der Waals surface area contributed by atoms with Gasteiger partial charge in [0, 0.05) is 31.5 Å². The fourth-order valence-corrected chi connectivity index (χ4v) is 5.77. The van der Waals surface area contributed by atoms with E-state index in [1.54, 1.807) is 21.3 Å². The predicted molar refractivity (Wildman–Crippen MR) is 156 cm³/mol. The van der Waals surface area contributed by atoms with E-state index in [0.29, 0.717) is 53.5 Å². The number of nitrogens with one attached hydrogen (secondary N) is 1. The van der Waals surface area contributed by atoms with Crippen molar-refractivity contribution in [1.29, 1.82) is 0 Å². The van der Waals surface area contributed by atoms with Crippen LogP contribution in [0.2, 0.25) is 0 Å². The van der Waals surface area contributed by atoms with Crippen LogP contribution in [0.3, 0.4) is 0 Å². The molecule has 1 aliphatic carbocycles. The Morgan fingerprint density at radius 2 is 1.75 bits per heavy atom. The zero-order valence-electron chi connectivity index (χ0n) is 23.5. The molecule has 1 aromatic heterocycles. The summed E-state index contributed by atoms with van der Waals surface area (Å²) < 4.78 is 16.0. The first-order chi connectivity index (χ1) is 19.5. The number of ether oxygens (including phenoxy) is 3. The van der Waals surface area contributed by atoms with E-state index in [0.717, 1.165) is 23.3 Å². The van der Waals surface area contributed by atoms with Crippen molar-refractivity contribution >= 4 is 28.3 Å². The van der Waals surface area contributed by atoms with Crippen LogP contribution in [-0.4, -0.2) is 61.3 Å². The summed E-state index contributed by atoms with van der Waals surface area (Å²) >= 11 is 1.30. The molecule has 1 N–H and O–H groups in total. The highest BCUT2D eigenvalue weighted by Crippen LogP contribution is 2.30. The Hall–Kier alpha value is -3.66. The standard InChI is InChI=1S/C30H38N4O5S/c1-37-24-10-6-9-23(20-24)29-32-33-30(40-29)31-27(35)16-18-34(28(36)14-12-21-7-4-5-8-21)17-15-22-11-13-25(38-2)26(19-22)39-3/h6,9-11,13,19-21H,4-5,7-8,12,14-18H2,1-3H3,(H,31,33,35). The molecule has 2 aromatic carbocycles. The normalized spacial score (nSPS) is 13.2. The molecule has 3 aromatic rings. The number of amides is 2. The number of rotatable bonds is 14. The Morgan fingerprint density at radius 3 is 2.50 bits per heavy atom. The summed E-state index contributed by atoms with van der Waals surface area (Å²) in [7, 11) is 4.83. The molecule has 1 saturated carbocycles. The van der Waals surface area contributed by atoms with Crippen LogP contribution in [0.15, 0.2) is 42.5 Å². The third-order valence-electron chi connectivity index (χ3n) is 7.31. The molecule has 40 heavy (non-hydrogen) atoms. The average molecular weight is 567 g/mol. The maximum atomic E-state index is 13.2. The van der Waals surface area contributed by atoms with Crippen LogP contribution in [0.5, 0.6) is 17.2 Å². The Kier molecular flexibility index (Phi) is 10.7. The van der Waals surface area contributed by atoms with Gasteiger partial charge in [-0.05, 0) is 48.6 Å². The summed E-state index contributed by atoms with van der Waals surface area (Å²) in [5.41, 5.74) is 1.90. The number of aromatic nitrogens is 2. The van der Waals surface area contributed by atoms with Crippen molar-refractivity contribution < 1.29 is 23.8 Å². The minimum Gasteiger partial charge on any atom is -0.497 e. The number of carbonyl (C=O) groups is 2. The minimum absolute atomic E-state index is 0.0939. The first-order valence-electron chi connectivity index (χ1n) is 13.8. The fraction of sp³-hybridized carbons (Fsp3) is 0.467. The van der Waals surface area contributed by atoms with Gasteiger partial charge in [0.2, 0.25) is 16.9 Å². The summed E-state index contributed by atoms with van der Waals surface area (Å²) in [4.78, 5) is 27.9. The van der Waals surface area contributed by atoms with Gasteiger partial charge in [-0.15, -0.1) is 10.2 Å². The summed E-state index contributed by atoms with van der Waals surface area (Å²) in [6.07, 6.45) is 7.18. The van der Waals surface area contributed by atoms with Gasteiger partial charge in [-0.2, -0.15) is 0 Å². The summed E-state index contributed by atoms with van der Waals surface area (Å²) in [6.45, 7) is 0.856. The van der Waals surface area contributed by atoms with E-state index in [2.05, 4.69) is 15.5 Å². The molecule has 10 heteroatoms. The maximum absolute atomic E-state index is 13.2. The lowest BCUT2D eigenvalue weighted by Crippen LogP contribution is -2.35. The summed E-state index contributed by atoms with van der Waals surface area (Å²) in [5, 5.41) is 12.3. The number of hydrogen-bond donors (Lipinski definition) is 1. The topological polar surface area (TPSA) is 103 Å². The van der Waals surface area contributed by atoms with E-state index in [4.69, 9.17) is 14.2 Å². The van der Waals surface area contributed by atoms with Gasteiger partial charge in [-0.3, -0.25) is 9.59 Å². The van der Waals surface area contributed by atoms with E-state index in [1.165, 1.54) is 37.0 Å². The van der Waals surface area contributed by atoms with Crippen LogP contribution < -0.4 is 19.5 Å². The van der Waals surface area contributed by atoms with Gasteiger partial charge in [0.05, 0.1) is 21.3 Å². The lowest BCUT2D eigenvalue weighted by Gasteiger charge is -2.23. The Bertz CT molecular complexity index is 1270. The number of hydrogen-bond acceptors (Lipinski definition) is 8. The second-order valence-corrected chi connectivity index (χ2v) is 10.9. The molecule has 0 bridgehead atoms. The Balaban J connectivity index is 1.35. The smallest absolute Gasteiger partial charge is 0.227 e. The molecular formula is C30H38N4O5S. The van der Waals surface area contributed by atoms with Crippen LogP contribution in [0.25, 0.3) is 10.6 Å². The van der Waals surface area contributed by atoms with Crippen molar-refractivity contribution in [2.75, 3.05) is 39.7 Å². The van der Waals surface area contributed by atoms with Gasteiger partial charge in [0.15, 0.2) is 11.5 Å². The van der Waals surface area contributed by atoms with E-state index in [1.807, 2.05) is 47.4 Å². The highest BCUT2D eigenvalue weighted by atomic mass is 32.1. The zero-order chi connectivity index (χ0) is 28.3. The first kappa shape index (κ1) is 29.3. The minimum atomic E-state index is -0.201. The molecule has 0 atom stereocenters. The molecule has 2 amide bonds. The largest absolute Gasteiger partial charge is 0.497 e. The highest BCUT2D eigenvalue weighted by Gasteiger charge is 2.20. The van der Waals surface area contributed by atoms with Gasteiger partial charge in [-0.1, -0.05) is 55.2 Å². The summed E-state index contributed by atoms with van der Waals surface area (Å²) in [5.74, 6) is 2.58. The molecule has 1 heterocycles. The fourth-order valence-electron chi connectivity index (χ4n) is 5.01. The van der Waals surface area contributed by atoms with Crippen molar-refractivity contribution in [2.45, 2.75) is 51.4 Å². The van der Waals surface area contributed by atoms with Crippen LogP contribution in [-0.2, 0) is 16.0 Å². The average Bonchev–Trinajstić information content (AvgIpc) is 3.68. The van der Waals surface area contributed by atoms with Crippen molar-refractivity contribution in [3.8, 4) is 27.8 Å². The monoisotopic (exact) mass is 566 g/mol. The predicted octanol–water partition coefficient (Wildman–Crippen LogP) is 5.60. The van der Waals surface area contributed by atoms with Crippen LogP contribution in [0.4, 0.5) is 5.13 Å². The number of benzene rings is 2. The molecule has 0 aliphatic heterocycles. The van der Waals surface area contributed by atoms with Gasteiger partial charge in [-0.25, -0.2) is 0 Å². The van der Waals surface area contributed by atoms with E-state index in [-0.39, 0.29) is 18.2 Å². The van der Waals surface area contributed by atoms with E-state index < -0.39 is 0 Å². The van der Waals surface area contributed by atoms with E-state index >= 15 is 0 Å². The second-order valence-electron chi connectivity index (χ2n) is 9.95. The molecule has 0 spiro atoms. The number of methoxy groups -OCH3 is 3. The SMILES string of the molecule is COc1cccc(-c2nnc(NC(=O)CCN(CCc3ccc(OC)c(OC)c3)C(=O)CCC3CCCC3)s2)c1. The molecule has 0 unspecified atom stereocenters. The first-order valence-corrected chi connectivity index (χ1v) is 14.6. The van der Waals surface area contributed by atoms with Crippen LogP contribution in [0.1, 0.15) is 50.5 Å². The third kappa shape index (κ3) is 8.17. The number of nitrogens with zero attached hydrogens (tertiary/aromatic N) is 3. The Morgan fingerprint density at radius 1 is 0.950 bits per heavy atom. The van der Waals surface area contributed by atoms with Crippen LogP contribution in [0, 0.1) is 5.92 Å². The van der Waals surface area contributed by atoms with Gasteiger partial charge in [0.25, 0.3) is 0 Å². The zero-order valence-corrected chi connectivity index (χ0v) is 24.3. The van der Waals surface area contributed by atoms with Crippen molar-refractivity contribution in [1.82, 2.24) is 15.1 Å². The maximum Gasteiger partial charge on any atom is 0.227 e. The molecule has 1 aliphatic rings. The van der Waals surface area contributed by atoms with Crippen molar-refractivity contribution in [2.24, 2.45) is 5.92 Å². The van der Waals surface area contributed by atoms with Gasteiger partial charge < -0.3 is 24.4 Å². The van der Waals surface area contributed by atoms with Crippen LogP contribution >= 0.6 is 11.3 Å². The number of carbonyl (C=O) groups excluding carboxylic acids is 2. The van der Waals surface area contributed by atoms with Crippen molar-refractivity contribution in [3.05, 3.63) is 48.0 Å². The summed E-state index contributed by atoms with van der Waals surface area (Å²) in [6, 6.07) is 13.3. The quantitative estimate of drug-likeness (QED) is 0.271. The molecule has 1 fully saturated rings. The molecule has 0 saturated heterocycles. The molecular weight excluding hydrogens is 528 g/mol. The molecule has 214 valence electrons. The lowest BCUT2D eigenvalue weighted by atomic mass is 10.0. The van der Waals surface area contributed by atoms with Gasteiger partial charge >= 0.3 is 0 Å². The van der Waals surface area contributed by atoms with E-state index in [9.17, 15) is 9.59 Å².